The Morgan fingerprint density at radius 1 is 1.35 bits per heavy atom. The molecule has 1 aromatic heterocycles. The fraction of sp³-hybridized carbons (Fsp3) is 0.0714. The lowest BCUT2D eigenvalue weighted by Crippen LogP contribution is -1.94. The molecular formula is C14H13NOS. The van der Waals surface area contributed by atoms with Crippen LogP contribution in [0, 0.1) is 6.92 Å². The predicted molar refractivity (Wildman–Crippen MR) is 72.6 cm³/mol. The quantitative estimate of drug-likeness (QED) is 0.652. The van der Waals surface area contributed by atoms with Gasteiger partial charge in [0, 0.05) is 28.9 Å². The van der Waals surface area contributed by atoms with Crippen LogP contribution in [0.15, 0.2) is 53.4 Å². The summed E-state index contributed by atoms with van der Waals surface area (Å²) in [6.45, 7) is 2.03. The number of thiophene rings is 1. The Balaban J connectivity index is 1.96. The van der Waals surface area contributed by atoms with Gasteiger partial charge in [0.15, 0.2) is 5.78 Å². The monoisotopic (exact) mass is 243 g/mol. The van der Waals surface area contributed by atoms with Crippen LogP contribution < -0.4 is 5.32 Å². The Morgan fingerprint density at radius 2 is 2.24 bits per heavy atom. The predicted octanol–water partition coefficient (Wildman–Crippen LogP) is 3.87. The molecule has 1 heterocycles. The summed E-state index contributed by atoms with van der Waals surface area (Å²) in [4.78, 5) is 11.6. The van der Waals surface area contributed by atoms with E-state index in [1.54, 1.807) is 12.3 Å². The molecule has 86 valence electrons. The van der Waals surface area contributed by atoms with Crippen LogP contribution in [-0.4, -0.2) is 5.78 Å². The molecule has 2 nitrogen and oxygen atoms in total. The van der Waals surface area contributed by atoms with Crippen molar-refractivity contribution in [3.8, 4) is 0 Å². The Labute approximate surface area is 105 Å². The second-order valence-electron chi connectivity index (χ2n) is 3.72. The summed E-state index contributed by atoms with van der Waals surface area (Å²) in [5.74, 6) is 0.0198. The first-order chi connectivity index (χ1) is 8.25. The maximum Gasteiger partial charge on any atom is 0.188 e. The van der Waals surface area contributed by atoms with Crippen molar-refractivity contribution in [3.05, 3.63) is 64.5 Å². The number of allylic oxidation sites excluding steroid dienone is 1. The van der Waals surface area contributed by atoms with Gasteiger partial charge in [-0.15, -0.1) is 0 Å². The van der Waals surface area contributed by atoms with Gasteiger partial charge >= 0.3 is 0 Å². The van der Waals surface area contributed by atoms with E-state index in [1.165, 1.54) is 16.9 Å². The van der Waals surface area contributed by atoms with Crippen LogP contribution in [0.2, 0.25) is 0 Å². The number of hydrogen-bond donors (Lipinski definition) is 1. The zero-order chi connectivity index (χ0) is 12.1. The molecule has 0 aliphatic carbocycles. The largest absolute Gasteiger partial charge is 0.362 e. The number of benzene rings is 1. The van der Waals surface area contributed by atoms with Gasteiger partial charge in [0.05, 0.1) is 0 Å². The number of anilines is 1. The molecule has 0 amide bonds. The fourth-order valence-corrected chi connectivity index (χ4v) is 2.09. The van der Waals surface area contributed by atoms with Crippen molar-refractivity contribution < 1.29 is 4.79 Å². The maximum absolute atomic E-state index is 11.6. The second-order valence-corrected chi connectivity index (χ2v) is 4.50. The van der Waals surface area contributed by atoms with Crippen LogP contribution in [0.25, 0.3) is 0 Å². The van der Waals surface area contributed by atoms with Crippen molar-refractivity contribution in [2.45, 2.75) is 6.92 Å². The summed E-state index contributed by atoms with van der Waals surface area (Å²) in [6.07, 6.45) is 3.22. The summed E-state index contributed by atoms with van der Waals surface area (Å²) in [6, 6.07) is 9.83. The number of carbonyl (C=O) groups is 1. The molecule has 2 aromatic rings. The molecule has 0 aliphatic rings. The zero-order valence-corrected chi connectivity index (χ0v) is 10.3. The lowest BCUT2D eigenvalue weighted by molar-refractivity contribution is 0.104. The van der Waals surface area contributed by atoms with E-state index in [9.17, 15) is 4.79 Å². The van der Waals surface area contributed by atoms with Gasteiger partial charge in [-0.05, 0) is 36.1 Å². The maximum atomic E-state index is 11.6. The molecule has 0 bridgehead atoms. The molecule has 0 radical (unpaired) electrons. The number of nitrogens with one attached hydrogen (secondary N) is 1. The highest BCUT2D eigenvalue weighted by atomic mass is 32.1. The van der Waals surface area contributed by atoms with Gasteiger partial charge in [-0.2, -0.15) is 11.3 Å². The first-order valence-corrected chi connectivity index (χ1v) is 6.26. The van der Waals surface area contributed by atoms with Gasteiger partial charge in [-0.3, -0.25) is 4.79 Å². The van der Waals surface area contributed by atoms with Crippen molar-refractivity contribution in [1.29, 1.82) is 0 Å². The zero-order valence-electron chi connectivity index (χ0n) is 9.51. The van der Waals surface area contributed by atoms with Crippen molar-refractivity contribution in [1.82, 2.24) is 0 Å². The minimum atomic E-state index is 0.0198. The average Bonchev–Trinajstić information content (AvgIpc) is 2.82. The van der Waals surface area contributed by atoms with E-state index < -0.39 is 0 Å². The van der Waals surface area contributed by atoms with Gasteiger partial charge in [0.1, 0.15) is 0 Å². The number of aryl methyl sites for hydroxylation is 1. The third-order valence-electron chi connectivity index (χ3n) is 2.31. The first-order valence-electron chi connectivity index (χ1n) is 5.32. The Morgan fingerprint density at radius 3 is 2.94 bits per heavy atom. The van der Waals surface area contributed by atoms with E-state index in [4.69, 9.17) is 0 Å². The second kappa shape index (κ2) is 5.46. The van der Waals surface area contributed by atoms with E-state index >= 15 is 0 Å². The summed E-state index contributed by atoms with van der Waals surface area (Å²) in [5.41, 5.74) is 2.91. The summed E-state index contributed by atoms with van der Waals surface area (Å²) >= 11 is 1.52. The van der Waals surface area contributed by atoms with Gasteiger partial charge in [0.25, 0.3) is 0 Å². The van der Waals surface area contributed by atoms with Crippen LogP contribution in [0.5, 0.6) is 0 Å². The Kier molecular flexibility index (Phi) is 3.73. The highest BCUT2D eigenvalue weighted by Crippen LogP contribution is 2.10. The topological polar surface area (TPSA) is 29.1 Å². The first kappa shape index (κ1) is 11.6. The van der Waals surface area contributed by atoms with Crippen molar-refractivity contribution in [2.75, 3.05) is 5.32 Å². The van der Waals surface area contributed by atoms with Gasteiger partial charge in [0.2, 0.25) is 0 Å². The van der Waals surface area contributed by atoms with Crippen LogP contribution >= 0.6 is 11.3 Å². The minimum Gasteiger partial charge on any atom is -0.362 e. The molecule has 0 atom stereocenters. The van der Waals surface area contributed by atoms with Gasteiger partial charge in [-0.1, -0.05) is 12.1 Å². The summed E-state index contributed by atoms with van der Waals surface area (Å²) in [5, 5.41) is 6.82. The molecule has 2 rings (SSSR count). The van der Waals surface area contributed by atoms with Crippen LogP contribution in [0.3, 0.4) is 0 Å². The number of carbonyl (C=O) groups excluding carboxylic acids is 1. The normalized spacial score (nSPS) is 10.6. The molecule has 1 N–H and O–H groups in total. The standard InChI is InChI=1S/C14H13NOS/c1-11-3-2-4-13(9-11)15-7-5-14(16)12-6-8-17-10-12/h2-10,15H,1H3/b7-5-. The minimum absolute atomic E-state index is 0.0198. The fourth-order valence-electron chi connectivity index (χ4n) is 1.45. The van der Waals surface area contributed by atoms with E-state index in [2.05, 4.69) is 5.32 Å². The van der Waals surface area contributed by atoms with E-state index in [0.29, 0.717) is 0 Å². The third-order valence-corrected chi connectivity index (χ3v) is 2.99. The third kappa shape index (κ3) is 3.29. The van der Waals surface area contributed by atoms with Crippen molar-refractivity contribution in [3.63, 3.8) is 0 Å². The number of rotatable bonds is 4. The number of hydrogen-bond acceptors (Lipinski definition) is 3. The SMILES string of the molecule is Cc1cccc(N/C=C\C(=O)c2ccsc2)c1. The smallest absolute Gasteiger partial charge is 0.188 e. The van der Waals surface area contributed by atoms with Crippen LogP contribution in [0.4, 0.5) is 5.69 Å². The molecule has 0 aliphatic heterocycles. The van der Waals surface area contributed by atoms with Crippen molar-refractivity contribution in [2.24, 2.45) is 0 Å². The molecule has 0 saturated carbocycles. The van der Waals surface area contributed by atoms with E-state index in [1.807, 2.05) is 48.0 Å². The highest BCUT2D eigenvalue weighted by molar-refractivity contribution is 7.08. The molecule has 0 saturated heterocycles. The summed E-state index contributed by atoms with van der Waals surface area (Å²) in [7, 11) is 0. The van der Waals surface area contributed by atoms with Crippen LogP contribution in [0.1, 0.15) is 15.9 Å². The molecular weight excluding hydrogens is 230 g/mol. The highest BCUT2D eigenvalue weighted by Gasteiger charge is 2.00. The molecule has 0 fully saturated rings. The molecule has 0 unspecified atom stereocenters. The van der Waals surface area contributed by atoms with Crippen molar-refractivity contribution >= 4 is 22.8 Å². The summed E-state index contributed by atoms with van der Waals surface area (Å²) < 4.78 is 0. The Bertz CT molecular complexity index is 529. The molecule has 17 heavy (non-hydrogen) atoms. The van der Waals surface area contributed by atoms with E-state index in [-0.39, 0.29) is 5.78 Å². The van der Waals surface area contributed by atoms with Crippen LogP contribution in [-0.2, 0) is 0 Å². The lowest BCUT2D eigenvalue weighted by atomic mass is 10.2. The average molecular weight is 243 g/mol. The molecule has 0 spiro atoms. The lowest BCUT2D eigenvalue weighted by Gasteiger charge is -2.00. The van der Waals surface area contributed by atoms with Gasteiger partial charge in [-0.25, -0.2) is 0 Å². The Hall–Kier alpha value is -1.87. The van der Waals surface area contributed by atoms with Gasteiger partial charge < -0.3 is 5.32 Å². The van der Waals surface area contributed by atoms with E-state index in [0.717, 1.165) is 11.3 Å². The molecule has 1 aromatic carbocycles. The molecule has 3 heteroatoms. The number of ketones is 1.